The Labute approximate surface area is 227 Å². The summed E-state index contributed by atoms with van der Waals surface area (Å²) in [6, 6.07) is 8.04. The number of likely N-dealkylation sites (tertiary alicyclic amines) is 1. The van der Waals surface area contributed by atoms with Gasteiger partial charge in [0, 0.05) is 50.8 Å². The smallest absolute Gasteiger partial charge is 0.330 e. The third kappa shape index (κ3) is 3.78. The normalized spacial score (nSPS) is 24.8. The number of aromatic amines is 1. The average Bonchev–Trinajstić information content (AvgIpc) is 3.40. The monoisotopic (exact) mass is 535 g/mol. The van der Waals surface area contributed by atoms with Crippen molar-refractivity contribution in [1.82, 2.24) is 14.7 Å². The molecule has 2 saturated heterocycles. The first kappa shape index (κ1) is 25.1. The summed E-state index contributed by atoms with van der Waals surface area (Å²) in [6.45, 7) is 6.60. The summed E-state index contributed by atoms with van der Waals surface area (Å²) in [5.74, 6) is 1.04. The van der Waals surface area contributed by atoms with Crippen molar-refractivity contribution >= 4 is 33.5 Å². The summed E-state index contributed by atoms with van der Waals surface area (Å²) in [5.41, 5.74) is 3.99. The van der Waals surface area contributed by atoms with Crippen LogP contribution in [0.15, 0.2) is 59.0 Å². The number of allylic oxidation sites excluding steroid dienone is 1. The van der Waals surface area contributed by atoms with Crippen LogP contribution in [0.1, 0.15) is 42.9 Å². The molecule has 3 aliphatic heterocycles. The second kappa shape index (κ2) is 9.54. The molecule has 0 radical (unpaired) electrons. The number of rotatable bonds is 4. The van der Waals surface area contributed by atoms with Gasteiger partial charge in [0.2, 0.25) is 5.52 Å². The molecular formula is C29H35N4O4S+. The van der Waals surface area contributed by atoms with Crippen LogP contribution in [-0.2, 0) is 9.47 Å². The van der Waals surface area contributed by atoms with E-state index in [-0.39, 0.29) is 24.0 Å². The predicted molar refractivity (Wildman–Crippen MR) is 146 cm³/mol. The highest BCUT2D eigenvalue weighted by atomic mass is 32.1. The van der Waals surface area contributed by atoms with Gasteiger partial charge < -0.3 is 19.3 Å². The number of thiazole rings is 1. The Morgan fingerprint density at radius 3 is 2.66 bits per heavy atom. The third-order valence-electron chi connectivity index (χ3n) is 8.69. The molecule has 1 unspecified atom stereocenters. The number of fused-ring (bicyclic) bond motifs is 3. The number of urea groups is 1. The number of methoxy groups -OCH3 is 2. The van der Waals surface area contributed by atoms with E-state index in [4.69, 9.17) is 9.47 Å². The highest BCUT2D eigenvalue weighted by molar-refractivity contribution is 7.19. The van der Waals surface area contributed by atoms with Crippen LogP contribution >= 0.6 is 11.3 Å². The second-order valence-corrected chi connectivity index (χ2v) is 11.6. The maximum absolute atomic E-state index is 13.8. The van der Waals surface area contributed by atoms with Crippen molar-refractivity contribution in [2.75, 3.05) is 40.4 Å². The fourth-order valence-electron chi connectivity index (χ4n) is 6.83. The van der Waals surface area contributed by atoms with E-state index < -0.39 is 5.54 Å². The van der Waals surface area contributed by atoms with Crippen molar-refractivity contribution < 1.29 is 24.0 Å². The molecule has 2 aromatic rings. The standard InChI is InChI=1S/C29H34N4O4S/c1-5-33-28(35)32-17-19-15-20(36-3)16-22(37-4)25(19)18(2)14-24(32)29(33)10-12-31(13-11-29)27(34)26-30-21-8-6-7-9-23(21)38-26/h6-9,14-15,18,22H,5,10-13,16-17H2,1-4H3/p+1/t18-,22?/m0/s1. The SMILES string of the molecule is CCN1C(=O)N2CC3=C(C(OC)CC(OC)=C3)[C@@H](C)C=C2C12CCN(C(=O)c1[nH+]c3ccccc3s1)CC2. The predicted octanol–water partition coefficient (Wildman–Crippen LogP) is 4.23. The lowest BCUT2D eigenvalue weighted by molar-refractivity contribution is -0.343. The van der Waals surface area contributed by atoms with E-state index in [1.807, 2.05) is 39.0 Å². The zero-order valence-corrected chi connectivity index (χ0v) is 23.3. The second-order valence-electron chi connectivity index (χ2n) is 10.6. The molecule has 200 valence electrons. The van der Waals surface area contributed by atoms with E-state index in [1.54, 1.807) is 14.2 Å². The number of H-pyrrole nitrogens is 1. The number of nitrogens with zero attached hydrogens (tertiary/aromatic N) is 3. The van der Waals surface area contributed by atoms with Crippen LogP contribution < -0.4 is 4.98 Å². The van der Waals surface area contributed by atoms with Gasteiger partial charge in [0.05, 0.1) is 31.1 Å². The summed E-state index contributed by atoms with van der Waals surface area (Å²) in [7, 11) is 3.43. The minimum Gasteiger partial charge on any atom is -0.501 e. The Morgan fingerprint density at radius 1 is 1.21 bits per heavy atom. The number of hydrogen-bond donors (Lipinski definition) is 0. The number of carbonyl (C=O) groups excluding carboxylic acids is 2. The molecule has 2 atom stereocenters. The van der Waals surface area contributed by atoms with Crippen LogP contribution in [0.25, 0.3) is 10.2 Å². The van der Waals surface area contributed by atoms with Crippen molar-refractivity contribution in [1.29, 1.82) is 0 Å². The summed E-state index contributed by atoms with van der Waals surface area (Å²) in [6.07, 6.45) is 6.44. The molecule has 1 N–H and O–H groups in total. The van der Waals surface area contributed by atoms with Gasteiger partial charge in [-0.05, 0) is 43.1 Å². The molecule has 0 saturated carbocycles. The summed E-state index contributed by atoms with van der Waals surface area (Å²) < 4.78 is 12.6. The van der Waals surface area contributed by atoms with Gasteiger partial charge in [-0.15, -0.1) is 0 Å². The van der Waals surface area contributed by atoms with E-state index in [2.05, 4.69) is 31.0 Å². The quantitative estimate of drug-likeness (QED) is 0.587. The van der Waals surface area contributed by atoms with Crippen LogP contribution in [-0.4, -0.2) is 78.7 Å². The molecule has 3 amide bonds. The summed E-state index contributed by atoms with van der Waals surface area (Å²) in [4.78, 5) is 36.5. The number of aromatic nitrogens is 1. The van der Waals surface area contributed by atoms with Crippen LogP contribution in [0, 0.1) is 5.92 Å². The lowest BCUT2D eigenvalue weighted by Gasteiger charge is -2.44. The minimum atomic E-state index is -0.411. The van der Waals surface area contributed by atoms with Crippen molar-refractivity contribution in [2.45, 2.75) is 44.8 Å². The number of hydrogen-bond acceptors (Lipinski definition) is 5. The largest absolute Gasteiger partial charge is 0.501 e. The minimum absolute atomic E-state index is 0.0331. The molecule has 1 aromatic heterocycles. The fraction of sp³-hybridized carbons (Fsp3) is 0.483. The molecule has 9 heteroatoms. The first-order chi connectivity index (χ1) is 18.4. The number of amides is 3. The third-order valence-corrected chi connectivity index (χ3v) is 9.75. The number of nitrogens with one attached hydrogen (secondary N) is 1. The maximum atomic E-state index is 13.8. The van der Waals surface area contributed by atoms with Gasteiger partial charge in [-0.3, -0.25) is 9.69 Å². The fourth-order valence-corrected chi connectivity index (χ4v) is 7.80. The lowest BCUT2D eigenvalue weighted by Crippen LogP contribution is -2.55. The molecule has 2 fully saturated rings. The number of benzene rings is 1. The molecule has 8 nitrogen and oxygen atoms in total. The number of ether oxygens (including phenoxy) is 2. The van der Waals surface area contributed by atoms with Gasteiger partial charge in [-0.1, -0.05) is 36.5 Å². The average molecular weight is 536 g/mol. The van der Waals surface area contributed by atoms with Crippen molar-refractivity contribution in [3.8, 4) is 0 Å². The number of carbonyl (C=O) groups is 2. The van der Waals surface area contributed by atoms with E-state index in [1.165, 1.54) is 16.9 Å². The zero-order valence-electron chi connectivity index (χ0n) is 22.5. The molecule has 6 rings (SSSR count). The van der Waals surface area contributed by atoms with E-state index in [9.17, 15) is 9.59 Å². The Balaban J connectivity index is 1.29. The van der Waals surface area contributed by atoms with Crippen molar-refractivity contribution in [3.63, 3.8) is 0 Å². The van der Waals surface area contributed by atoms with Gasteiger partial charge in [0.1, 0.15) is 4.70 Å². The van der Waals surface area contributed by atoms with Gasteiger partial charge >= 0.3 is 16.9 Å². The van der Waals surface area contributed by atoms with Gasteiger partial charge in [0.25, 0.3) is 0 Å². The summed E-state index contributed by atoms with van der Waals surface area (Å²) >= 11 is 1.50. The molecule has 4 heterocycles. The summed E-state index contributed by atoms with van der Waals surface area (Å²) in [5, 5.41) is 0.657. The highest BCUT2D eigenvalue weighted by Gasteiger charge is 2.55. The van der Waals surface area contributed by atoms with Crippen molar-refractivity contribution in [3.05, 3.63) is 64.0 Å². The Morgan fingerprint density at radius 2 is 1.97 bits per heavy atom. The highest BCUT2D eigenvalue weighted by Crippen LogP contribution is 2.47. The first-order valence-corrected chi connectivity index (χ1v) is 14.2. The van der Waals surface area contributed by atoms with Gasteiger partial charge in [-0.25, -0.2) is 4.79 Å². The first-order valence-electron chi connectivity index (χ1n) is 13.4. The van der Waals surface area contributed by atoms with Crippen LogP contribution in [0.4, 0.5) is 4.79 Å². The van der Waals surface area contributed by atoms with Crippen LogP contribution in [0.2, 0.25) is 0 Å². The van der Waals surface area contributed by atoms with Crippen LogP contribution in [0.5, 0.6) is 0 Å². The lowest BCUT2D eigenvalue weighted by atomic mass is 9.81. The van der Waals surface area contributed by atoms with Gasteiger partial charge in [0.15, 0.2) is 0 Å². The maximum Gasteiger partial charge on any atom is 0.330 e. The van der Waals surface area contributed by atoms with E-state index in [0.717, 1.165) is 40.1 Å². The van der Waals surface area contributed by atoms with Crippen LogP contribution in [0.3, 0.4) is 0 Å². The molecule has 0 bridgehead atoms. The number of para-hydroxylation sites is 1. The molecular weight excluding hydrogens is 500 g/mol. The van der Waals surface area contributed by atoms with E-state index >= 15 is 0 Å². The molecule has 4 aliphatic rings. The molecule has 1 spiro atoms. The van der Waals surface area contributed by atoms with Gasteiger partial charge in [-0.2, -0.15) is 4.98 Å². The molecule has 1 aromatic carbocycles. The Bertz CT molecular complexity index is 1350. The molecule has 1 aliphatic carbocycles. The zero-order chi connectivity index (χ0) is 26.6. The molecule has 38 heavy (non-hydrogen) atoms. The topological polar surface area (TPSA) is 76.5 Å². The van der Waals surface area contributed by atoms with E-state index in [0.29, 0.717) is 37.6 Å². The number of piperidine rings is 1. The number of likely N-dealkylation sites (N-methyl/N-ethyl adjacent to an activating group) is 1. The van der Waals surface area contributed by atoms with Crippen molar-refractivity contribution in [2.24, 2.45) is 5.92 Å². The Kier molecular flexibility index (Phi) is 6.31. The Hall–Kier alpha value is -3.17.